The summed E-state index contributed by atoms with van der Waals surface area (Å²) in [4.78, 5) is 27.1. The second-order valence-corrected chi connectivity index (χ2v) is 10.2. The molecule has 0 aliphatic heterocycles. The minimum Gasteiger partial charge on any atom is -0.477 e. The number of nitrogens with one attached hydrogen (secondary N) is 2. The molecule has 3 N–H and O–H groups in total. The molecule has 0 atom stereocenters. The van der Waals surface area contributed by atoms with Gasteiger partial charge in [0.15, 0.2) is 0 Å². The van der Waals surface area contributed by atoms with E-state index in [2.05, 4.69) is 29.4 Å². The Hall–Kier alpha value is -3.52. The number of halogens is 2. The molecule has 1 aromatic heterocycles. The van der Waals surface area contributed by atoms with E-state index in [1.807, 2.05) is 12.1 Å². The van der Waals surface area contributed by atoms with Crippen molar-refractivity contribution in [2.45, 2.75) is 52.0 Å². The molecule has 1 aliphatic carbocycles. The van der Waals surface area contributed by atoms with Gasteiger partial charge in [-0.05, 0) is 67.3 Å². The van der Waals surface area contributed by atoms with Crippen molar-refractivity contribution < 1.29 is 19.1 Å². The van der Waals surface area contributed by atoms with Gasteiger partial charge < -0.3 is 25.2 Å². The first-order valence-electron chi connectivity index (χ1n) is 12.6. The van der Waals surface area contributed by atoms with Crippen molar-refractivity contribution >= 4 is 40.7 Å². The molecule has 4 rings (SSSR count). The maximum atomic E-state index is 14.3. The van der Waals surface area contributed by atoms with Gasteiger partial charge in [0.1, 0.15) is 11.5 Å². The van der Waals surface area contributed by atoms with Gasteiger partial charge in [-0.1, -0.05) is 44.7 Å². The molecule has 0 radical (unpaired) electrons. The molecule has 7 nitrogen and oxygen atoms in total. The Balaban J connectivity index is 1.73. The zero-order chi connectivity index (χ0) is 26.5. The SMILES string of the molecule is CC(C)CN(c1ccc(-n2cccc2C(=O)O)cc1NC(=O)Nc1ccc(Cl)cc1F)C1CCCCC1. The van der Waals surface area contributed by atoms with Gasteiger partial charge in [-0.15, -0.1) is 0 Å². The number of rotatable bonds is 8. The van der Waals surface area contributed by atoms with Crippen LogP contribution in [-0.4, -0.2) is 34.3 Å². The summed E-state index contributed by atoms with van der Waals surface area (Å²) < 4.78 is 15.9. The highest BCUT2D eigenvalue weighted by Gasteiger charge is 2.25. The van der Waals surface area contributed by atoms with Gasteiger partial charge in [0.25, 0.3) is 0 Å². The lowest BCUT2D eigenvalue weighted by molar-refractivity contribution is 0.0688. The van der Waals surface area contributed by atoms with Gasteiger partial charge in [0.05, 0.1) is 17.1 Å². The predicted molar refractivity (Wildman–Crippen MR) is 146 cm³/mol. The number of carboxylic acid groups (broad SMARTS) is 1. The molecule has 37 heavy (non-hydrogen) atoms. The lowest BCUT2D eigenvalue weighted by atomic mass is 9.93. The number of nitrogens with zero attached hydrogens (tertiary/aromatic N) is 2. The summed E-state index contributed by atoms with van der Waals surface area (Å²) in [5.41, 5.74) is 2.07. The second kappa shape index (κ2) is 11.7. The van der Waals surface area contributed by atoms with Gasteiger partial charge in [0.2, 0.25) is 0 Å². The summed E-state index contributed by atoms with van der Waals surface area (Å²) >= 11 is 5.84. The molecule has 3 aromatic rings. The molecule has 0 unspecified atom stereocenters. The third kappa shape index (κ3) is 6.43. The van der Waals surface area contributed by atoms with Gasteiger partial charge in [0, 0.05) is 29.5 Å². The standard InChI is InChI=1S/C28H32ClFN4O3/c1-18(2)17-34(20-7-4-3-5-8-20)25-13-11-21(33-14-6-9-26(33)27(35)36)16-24(25)32-28(37)31-23-12-10-19(29)15-22(23)30/h6,9-16,18,20H,3-5,7-8,17H2,1-2H3,(H,35,36)(H2,31,32,37). The number of carbonyl (C=O) groups excluding carboxylic acids is 1. The van der Waals surface area contributed by atoms with Crippen LogP contribution in [0.5, 0.6) is 0 Å². The zero-order valence-corrected chi connectivity index (χ0v) is 21.8. The van der Waals surface area contributed by atoms with Gasteiger partial charge in [-0.25, -0.2) is 14.0 Å². The molecule has 1 fully saturated rings. The number of hydrogen-bond donors (Lipinski definition) is 3. The smallest absolute Gasteiger partial charge is 0.352 e. The molecule has 1 saturated carbocycles. The number of carbonyl (C=O) groups is 2. The molecule has 0 spiro atoms. The van der Waals surface area contributed by atoms with E-state index in [0.29, 0.717) is 23.3 Å². The Kier molecular flexibility index (Phi) is 8.38. The van der Waals surface area contributed by atoms with Crippen LogP contribution in [-0.2, 0) is 0 Å². The average Bonchev–Trinajstić information content (AvgIpc) is 3.35. The van der Waals surface area contributed by atoms with Gasteiger partial charge >= 0.3 is 12.0 Å². The summed E-state index contributed by atoms with van der Waals surface area (Å²) in [6.45, 7) is 5.12. The van der Waals surface area contributed by atoms with Crippen LogP contribution in [0, 0.1) is 11.7 Å². The first-order valence-corrected chi connectivity index (χ1v) is 13.0. The number of urea groups is 1. The Morgan fingerprint density at radius 3 is 2.49 bits per heavy atom. The number of benzene rings is 2. The third-order valence-corrected chi connectivity index (χ3v) is 6.78. The summed E-state index contributed by atoms with van der Waals surface area (Å²) in [6.07, 6.45) is 7.33. The fraction of sp³-hybridized carbons (Fsp3) is 0.357. The molecule has 196 valence electrons. The summed E-state index contributed by atoms with van der Waals surface area (Å²) in [6, 6.07) is 12.5. The highest BCUT2D eigenvalue weighted by molar-refractivity contribution is 6.30. The summed E-state index contributed by atoms with van der Waals surface area (Å²) in [5, 5.41) is 15.3. The zero-order valence-electron chi connectivity index (χ0n) is 21.0. The molecule has 0 bridgehead atoms. The van der Waals surface area contributed by atoms with Crippen molar-refractivity contribution in [1.29, 1.82) is 0 Å². The molecule has 1 aliphatic rings. The first-order chi connectivity index (χ1) is 17.7. The maximum absolute atomic E-state index is 14.3. The Morgan fingerprint density at radius 2 is 1.81 bits per heavy atom. The monoisotopic (exact) mass is 526 g/mol. The second-order valence-electron chi connectivity index (χ2n) is 9.81. The molecule has 2 amide bonds. The lowest BCUT2D eigenvalue weighted by Gasteiger charge is -2.38. The Morgan fingerprint density at radius 1 is 1.08 bits per heavy atom. The first kappa shape index (κ1) is 26.5. The van der Waals surface area contributed by atoms with Crippen LogP contribution >= 0.6 is 11.6 Å². The number of amides is 2. The van der Waals surface area contributed by atoms with E-state index >= 15 is 0 Å². The number of carboxylic acids is 1. The van der Waals surface area contributed by atoms with Crippen LogP contribution in [0.2, 0.25) is 5.02 Å². The molecular formula is C28H32ClFN4O3. The van der Waals surface area contributed by atoms with Crippen molar-refractivity contribution in [2.75, 3.05) is 22.1 Å². The van der Waals surface area contributed by atoms with Crippen molar-refractivity contribution in [2.24, 2.45) is 5.92 Å². The normalized spacial score (nSPS) is 14.0. The van der Waals surface area contributed by atoms with E-state index in [1.165, 1.54) is 24.6 Å². The molecular weight excluding hydrogens is 495 g/mol. The van der Waals surface area contributed by atoms with Gasteiger partial charge in [-0.3, -0.25) is 0 Å². The maximum Gasteiger partial charge on any atom is 0.352 e. The van der Waals surface area contributed by atoms with E-state index in [0.717, 1.165) is 44.0 Å². The van der Waals surface area contributed by atoms with Crippen LogP contribution in [0.3, 0.4) is 0 Å². The quantitative estimate of drug-likeness (QED) is 0.285. The van der Waals surface area contributed by atoms with Crippen molar-refractivity contribution in [3.05, 3.63) is 71.3 Å². The summed E-state index contributed by atoms with van der Waals surface area (Å²) in [7, 11) is 0. The highest BCUT2D eigenvalue weighted by Crippen LogP contribution is 2.35. The Labute approximate surface area is 221 Å². The van der Waals surface area contributed by atoms with E-state index in [4.69, 9.17) is 11.6 Å². The number of anilines is 3. The van der Waals surface area contributed by atoms with Crippen LogP contribution in [0.1, 0.15) is 56.4 Å². The van der Waals surface area contributed by atoms with Crippen molar-refractivity contribution in [3.63, 3.8) is 0 Å². The summed E-state index contributed by atoms with van der Waals surface area (Å²) in [5.74, 6) is -1.31. The van der Waals surface area contributed by atoms with Crippen LogP contribution in [0.4, 0.5) is 26.2 Å². The fourth-order valence-electron chi connectivity index (χ4n) is 4.90. The molecule has 2 aromatic carbocycles. The fourth-order valence-corrected chi connectivity index (χ4v) is 5.06. The van der Waals surface area contributed by atoms with E-state index < -0.39 is 17.8 Å². The topological polar surface area (TPSA) is 86.6 Å². The predicted octanol–water partition coefficient (Wildman–Crippen LogP) is 7.41. The highest BCUT2D eigenvalue weighted by atomic mass is 35.5. The molecule has 0 saturated heterocycles. The van der Waals surface area contributed by atoms with Crippen molar-refractivity contribution in [1.82, 2.24) is 4.57 Å². The number of hydrogen-bond acceptors (Lipinski definition) is 3. The Bertz CT molecular complexity index is 1270. The third-order valence-electron chi connectivity index (χ3n) is 6.54. The van der Waals surface area contributed by atoms with Crippen LogP contribution < -0.4 is 15.5 Å². The molecule has 9 heteroatoms. The lowest BCUT2D eigenvalue weighted by Crippen LogP contribution is -2.40. The van der Waals surface area contributed by atoms with Crippen LogP contribution in [0.25, 0.3) is 5.69 Å². The van der Waals surface area contributed by atoms with E-state index in [-0.39, 0.29) is 16.4 Å². The minimum atomic E-state index is -1.05. The van der Waals surface area contributed by atoms with Gasteiger partial charge in [-0.2, -0.15) is 0 Å². The molecule has 1 heterocycles. The number of aromatic carboxylic acids is 1. The van der Waals surface area contributed by atoms with Crippen LogP contribution in [0.15, 0.2) is 54.7 Å². The van der Waals surface area contributed by atoms with Crippen molar-refractivity contribution in [3.8, 4) is 5.69 Å². The minimum absolute atomic E-state index is 0.00416. The van der Waals surface area contributed by atoms with E-state index in [9.17, 15) is 19.1 Å². The average molecular weight is 527 g/mol. The largest absolute Gasteiger partial charge is 0.477 e. The number of aromatic nitrogens is 1. The van der Waals surface area contributed by atoms with E-state index in [1.54, 1.807) is 22.9 Å².